The monoisotopic (exact) mass is 783 g/mol. The highest BCUT2D eigenvalue weighted by molar-refractivity contribution is 7.47. The van der Waals surface area contributed by atoms with Crippen LogP contribution in [-0.2, 0) is 37.5 Å². The van der Waals surface area contributed by atoms with Crippen molar-refractivity contribution in [2.75, 3.05) is 47.5 Å². The van der Waals surface area contributed by atoms with Crippen molar-refractivity contribution in [1.82, 2.24) is 0 Å². The Kier molecular flexibility index (Phi) is 33.5. The summed E-state index contributed by atoms with van der Waals surface area (Å²) >= 11 is 0. The van der Waals surface area contributed by atoms with Crippen LogP contribution in [-0.4, -0.2) is 80.7 Å². The fourth-order valence-corrected chi connectivity index (χ4v) is 6.00. The Bertz CT molecular complexity index is 1130. The lowest BCUT2D eigenvalue weighted by molar-refractivity contribution is -0.870. The van der Waals surface area contributed by atoms with Gasteiger partial charge in [-0.2, -0.15) is 0 Å². The predicted octanol–water partition coefficient (Wildman–Crippen LogP) is 10.7. The lowest BCUT2D eigenvalue weighted by Crippen LogP contribution is -2.37. The van der Waals surface area contributed by atoms with Crippen molar-refractivity contribution < 1.29 is 46.8 Å². The maximum absolute atomic E-state index is 12.6. The number of phosphoric ester groups is 1. The number of hydrogen-bond acceptors (Lipinski definition) is 8. The minimum absolute atomic E-state index is 0.0117. The molecule has 0 bridgehead atoms. The Hall–Kier alpha value is -2.36. The van der Waals surface area contributed by atoms with Gasteiger partial charge in [0.2, 0.25) is 0 Å². The number of hydrogen-bond donors (Lipinski definition) is 1. The summed E-state index contributed by atoms with van der Waals surface area (Å²) < 4.78 is 34.0. The fourth-order valence-electron chi connectivity index (χ4n) is 5.26. The molecule has 11 heteroatoms. The highest BCUT2D eigenvalue weighted by atomic mass is 31.2. The van der Waals surface area contributed by atoms with Crippen LogP contribution in [0.15, 0.2) is 48.6 Å². The second kappa shape index (κ2) is 35.1. The van der Waals surface area contributed by atoms with Gasteiger partial charge in [-0.1, -0.05) is 140 Å². The van der Waals surface area contributed by atoms with Crippen LogP contribution in [0.1, 0.15) is 155 Å². The maximum Gasteiger partial charge on any atom is 0.472 e. The van der Waals surface area contributed by atoms with Crippen molar-refractivity contribution in [3.63, 3.8) is 0 Å². The van der Waals surface area contributed by atoms with E-state index >= 15 is 0 Å². The molecule has 2 atom stereocenters. The van der Waals surface area contributed by atoms with E-state index in [1.807, 2.05) is 33.3 Å². The Balaban J connectivity index is 4.62. The van der Waals surface area contributed by atoms with Crippen molar-refractivity contribution in [3.8, 4) is 0 Å². The predicted molar refractivity (Wildman–Crippen MR) is 220 cm³/mol. The van der Waals surface area contributed by atoms with Gasteiger partial charge in [-0.05, 0) is 44.6 Å². The average molecular weight is 783 g/mol. The second-order valence-electron chi connectivity index (χ2n) is 15.1. The summed E-state index contributed by atoms with van der Waals surface area (Å²) in [6.45, 7) is 4.09. The Morgan fingerprint density at radius 3 is 1.81 bits per heavy atom. The molecule has 0 radical (unpaired) electrons. The van der Waals surface area contributed by atoms with E-state index < -0.39 is 32.5 Å². The van der Waals surface area contributed by atoms with E-state index in [0.717, 1.165) is 38.5 Å². The summed E-state index contributed by atoms with van der Waals surface area (Å²) in [5.41, 5.74) is 0. The quantitative estimate of drug-likeness (QED) is 0.0125. The first-order valence-electron chi connectivity index (χ1n) is 20.8. The molecule has 0 spiro atoms. The molecule has 0 aromatic heterocycles. The fraction of sp³-hybridized carbons (Fsp3) is 0.744. The largest absolute Gasteiger partial charge is 0.472 e. The Labute approximate surface area is 329 Å². The van der Waals surface area contributed by atoms with Gasteiger partial charge in [0.25, 0.3) is 0 Å². The van der Waals surface area contributed by atoms with Crippen molar-refractivity contribution in [3.05, 3.63) is 48.6 Å². The molecule has 0 aromatic rings. The number of ketones is 1. The van der Waals surface area contributed by atoms with Crippen LogP contribution in [0, 0.1) is 0 Å². The number of unbranched alkanes of at least 4 members (excludes halogenated alkanes) is 14. The number of quaternary nitrogens is 1. The zero-order chi connectivity index (χ0) is 40.2. The third kappa shape index (κ3) is 37.9. The van der Waals surface area contributed by atoms with Crippen LogP contribution in [0.4, 0.5) is 0 Å². The zero-order valence-electron chi connectivity index (χ0n) is 34.7. The van der Waals surface area contributed by atoms with E-state index in [9.17, 15) is 23.8 Å². The van der Waals surface area contributed by atoms with Gasteiger partial charge in [0.15, 0.2) is 11.9 Å². The van der Waals surface area contributed by atoms with Gasteiger partial charge in [0.1, 0.15) is 19.8 Å². The molecular weight excluding hydrogens is 705 g/mol. The molecule has 0 amide bonds. The van der Waals surface area contributed by atoms with Crippen molar-refractivity contribution in [2.45, 2.75) is 161 Å². The molecule has 0 aliphatic heterocycles. The number of rotatable bonds is 37. The molecule has 1 N–H and O–H groups in total. The first-order chi connectivity index (χ1) is 25.9. The first-order valence-corrected chi connectivity index (χ1v) is 22.3. The van der Waals surface area contributed by atoms with E-state index in [1.54, 1.807) is 6.08 Å². The average Bonchev–Trinajstić information content (AvgIpc) is 3.11. The highest BCUT2D eigenvalue weighted by Gasteiger charge is 2.27. The number of carbonyl (C=O) groups excluding carboxylic acids is 3. The summed E-state index contributed by atoms with van der Waals surface area (Å²) in [6.07, 6.45) is 35.9. The molecule has 10 nitrogen and oxygen atoms in total. The topological polar surface area (TPSA) is 125 Å². The maximum atomic E-state index is 12.6. The number of nitrogens with zero attached hydrogens (tertiary/aromatic N) is 1. The number of esters is 2. The Morgan fingerprint density at radius 1 is 0.630 bits per heavy atom. The van der Waals surface area contributed by atoms with Gasteiger partial charge in [0.05, 0.1) is 27.7 Å². The van der Waals surface area contributed by atoms with Crippen LogP contribution in [0.25, 0.3) is 0 Å². The molecule has 0 fully saturated rings. The standard InChI is InChI=1S/C43H76NO9P/c1-6-8-10-12-14-16-18-20-21-23-25-27-29-32-40(45)33-31-35-43(47)53-41(39-52-54(48,49)51-37-36-44(3,4)5)38-50-42(46)34-30-28-26-24-22-19-17-15-13-11-9-7-2/h14,16,20-21,25,27,29,32,41H,6-13,15,17-19,22-24,26,28,30-31,33-39H2,1-5H3/p+1/b16-14-,21-20-,27-25-,32-29+/t41-/m1/s1. The minimum atomic E-state index is -4.44. The lowest BCUT2D eigenvalue weighted by Gasteiger charge is -2.24. The molecule has 1 unspecified atom stereocenters. The number of ether oxygens (including phenoxy) is 2. The molecule has 312 valence electrons. The zero-order valence-corrected chi connectivity index (χ0v) is 35.6. The van der Waals surface area contributed by atoms with Crippen LogP contribution in [0.3, 0.4) is 0 Å². The van der Waals surface area contributed by atoms with E-state index in [4.69, 9.17) is 18.5 Å². The lowest BCUT2D eigenvalue weighted by atomic mass is 10.0. The van der Waals surface area contributed by atoms with Gasteiger partial charge in [-0.3, -0.25) is 23.4 Å². The molecule has 54 heavy (non-hydrogen) atoms. The summed E-state index contributed by atoms with van der Waals surface area (Å²) in [5.74, 6) is -1.17. The number of phosphoric acid groups is 1. The normalized spacial score (nSPS) is 14.0. The molecular formula is C43H77NO9P+. The number of carbonyl (C=O) groups is 3. The summed E-state index contributed by atoms with van der Waals surface area (Å²) in [7, 11) is 1.33. The van der Waals surface area contributed by atoms with Gasteiger partial charge in [-0.25, -0.2) is 4.57 Å². The summed E-state index contributed by atoms with van der Waals surface area (Å²) in [4.78, 5) is 47.5. The molecule has 0 saturated heterocycles. The Morgan fingerprint density at radius 2 is 1.19 bits per heavy atom. The minimum Gasteiger partial charge on any atom is -0.462 e. The molecule has 0 aliphatic carbocycles. The summed E-state index contributed by atoms with van der Waals surface area (Å²) in [6, 6.07) is 0. The van der Waals surface area contributed by atoms with Gasteiger partial charge >= 0.3 is 19.8 Å². The third-order valence-electron chi connectivity index (χ3n) is 8.59. The van der Waals surface area contributed by atoms with Gasteiger partial charge < -0.3 is 18.9 Å². The molecule has 0 rings (SSSR count). The van der Waals surface area contributed by atoms with Crippen LogP contribution >= 0.6 is 7.82 Å². The molecule has 0 aromatic carbocycles. The van der Waals surface area contributed by atoms with Crippen molar-refractivity contribution in [2.24, 2.45) is 0 Å². The molecule has 0 saturated carbocycles. The van der Waals surface area contributed by atoms with Crippen molar-refractivity contribution >= 4 is 25.5 Å². The van der Waals surface area contributed by atoms with Crippen LogP contribution < -0.4 is 0 Å². The van der Waals surface area contributed by atoms with E-state index in [2.05, 4.69) is 38.2 Å². The van der Waals surface area contributed by atoms with Crippen LogP contribution in [0.2, 0.25) is 0 Å². The van der Waals surface area contributed by atoms with E-state index in [-0.39, 0.29) is 44.7 Å². The smallest absolute Gasteiger partial charge is 0.462 e. The highest BCUT2D eigenvalue weighted by Crippen LogP contribution is 2.43. The number of likely N-dealkylation sites (N-methyl/N-ethyl adjacent to an activating group) is 1. The molecule has 0 aliphatic rings. The van der Waals surface area contributed by atoms with Crippen molar-refractivity contribution in [1.29, 1.82) is 0 Å². The second-order valence-corrected chi connectivity index (χ2v) is 16.5. The number of allylic oxidation sites excluding steroid dienone is 8. The van der Waals surface area contributed by atoms with Crippen LogP contribution in [0.5, 0.6) is 0 Å². The summed E-state index contributed by atoms with van der Waals surface area (Å²) in [5, 5.41) is 0. The van der Waals surface area contributed by atoms with E-state index in [0.29, 0.717) is 17.4 Å². The third-order valence-corrected chi connectivity index (χ3v) is 9.57. The van der Waals surface area contributed by atoms with E-state index in [1.165, 1.54) is 76.7 Å². The first kappa shape index (κ1) is 51.6. The van der Waals surface area contributed by atoms with Gasteiger partial charge in [-0.15, -0.1) is 0 Å². The van der Waals surface area contributed by atoms with Gasteiger partial charge in [0, 0.05) is 19.3 Å². The SMILES string of the molecule is CCCCC/C=C\C/C=C\C/C=C\C=C\C(=O)CCCC(=O)O[C@H](COC(=O)CCCCCCCCCCCCCC)COP(=O)(O)OCC[N+](C)(C)C. The molecule has 0 heterocycles.